The molecular formula is C19H17ClN4O3S. The molecule has 0 spiro atoms. The predicted molar refractivity (Wildman–Crippen MR) is 109 cm³/mol. The Kier molecular flexibility index (Phi) is 6.33. The van der Waals surface area contributed by atoms with Gasteiger partial charge in [-0.2, -0.15) is 0 Å². The zero-order valence-electron chi connectivity index (χ0n) is 15.2. The van der Waals surface area contributed by atoms with Crippen molar-refractivity contribution in [2.24, 2.45) is 7.05 Å². The lowest BCUT2D eigenvalue weighted by atomic mass is 10.2. The Morgan fingerprint density at radius 3 is 2.64 bits per heavy atom. The van der Waals surface area contributed by atoms with Crippen LogP contribution < -0.4 is 5.32 Å². The topological polar surface area (TPSA) is 86.1 Å². The summed E-state index contributed by atoms with van der Waals surface area (Å²) in [7, 11) is 3.15. The van der Waals surface area contributed by atoms with Crippen molar-refractivity contribution in [1.82, 2.24) is 14.8 Å². The molecule has 0 unspecified atom stereocenters. The molecule has 1 amide bonds. The third-order valence-electron chi connectivity index (χ3n) is 3.84. The number of methoxy groups -OCH3 is 1. The SMILES string of the molecule is COC(=O)c1cccc(NC(=O)CSc2nnc(-c3ccc(Cl)cc3)n2C)c1. The highest BCUT2D eigenvalue weighted by molar-refractivity contribution is 7.99. The average Bonchev–Trinajstić information content (AvgIpc) is 3.07. The van der Waals surface area contributed by atoms with Gasteiger partial charge in [-0.1, -0.05) is 29.4 Å². The summed E-state index contributed by atoms with van der Waals surface area (Å²) in [6, 6.07) is 13.9. The van der Waals surface area contributed by atoms with Gasteiger partial charge in [0, 0.05) is 23.3 Å². The number of nitrogens with one attached hydrogen (secondary N) is 1. The van der Waals surface area contributed by atoms with Crippen LogP contribution in [0.15, 0.2) is 53.7 Å². The quantitative estimate of drug-likeness (QED) is 0.487. The number of rotatable bonds is 6. The Labute approximate surface area is 171 Å². The van der Waals surface area contributed by atoms with Crippen LogP contribution in [0.1, 0.15) is 10.4 Å². The number of hydrogen-bond donors (Lipinski definition) is 1. The monoisotopic (exact) mass is 416 g/mol. The molecule has 0 radical (unpaired) electrons. The van der Waals surface area contributed by atoms with E-state index in [1.54, 1.807) is 36.4 Å². The molecule has 0 aliphatic carbocycles. The molecule has 0 bridgehead atoms. The first-order valence-electron chi connectivity index (χ1n) is 8.24. The van der Waals surface area contributed by atoms with E-state index in [2.05, 4.69) is 20.3 Å². The average molecular weight is 417 g/mol. The third kappa shape index (κ3) is 4.71. The molecule has 0 aliphatic heterocycles. The highest BCUT2D eigenvalue weighted by Crippen LogP contribution is 2.24. The summed E-state index contributed by atoms with van der Waals surface area (Å²) in [4.78, 5) is 23.8. The van der Waals surface area contributed by atoms with Crippen LogP contribution in [0.5, 0.6) is 0 Å². The van der Waals surface area contributed by atoms with E-state index in [1.165, 1.54) is 18.9 Å². The van der Waals surface area contributed by atoms with Crippen LogP contribution in [0.3, 0.4) is 0 Å². The van der Waals surface area contributed by atoms with Crippen LogP contribution in [0.4, 0.5) is 5.69 Å². The summed E-state index contributed by atoms with van der Waals surface area (Å²) >= 11 is 7.18. The Morgan fingerprint density at radius 2 is 1.93 bits per heavy atom. The van der Waals surface area contributed by atoms with E-state index in [0.717, 1.165) is 5.56 Å². The van der Waals surface area contributed by atoms with Gasteiger partial charge >= 0.3 is 5.97 Å². The number of aromatic nitrogens is 3. The smallest absolute Gasteiger partial charge is 0.337 e. The van der Waals surface area contributed by atoms with Gasteiger partial charge in [-0.25, -0.2) is 4.79 Å². The highest BCUT2D eigenvalue weighted by Gasteiger charge is 2.13. The molecule has 0 aliphatic rings. The second kappa shape index (κ2) is 8.90. The maximum Gasteiger partial charge on any atom is 0.337 e. The van der Waals surface area contributed by atoms with E-state index in [0.29, 0.717) is 27.3 Å². The highest BCUT2D eigenvalue weighted by atomic mass is 35.5. The van der Waals surface area contributed by atoms with Crippen molar-refractivity contribution in [3.05, 3.63) is 59.1 Å². The third-order valence-corrected chi connectivity index (χ3v) is 5.11. The number of ether oxygens (including phenoxy) is 1. The van der Waals surface area contributed by atoms with Crippen molar-refractivity contribution in [1.29, 1.82) is 0 Å². The van der Waals surface area contributed by atoms with Crippen molar-refractivity contribution in [2.75, 3.05) is 18.2 Å². The molecule has 2 aromatic carbocycles. The number of carbonyl (C=O) groups is 2. The minimum atomic E-state index is -0.459. The van der Waals surface area contributed by atoms with Crippen molar-refractivity contribution in [2.45, 2.75) is 5.16 Å². The zero-order valence-corrected chi connectivity index (χ0v) is 16.8. The molecule has 0 fully saturated rings. The van der Waals surface area contributed by atoms with Gasteiger partial charge in [0.2, 0.25) is 5.91 Å². The molecular weight excluding hydrogens is 400 g/mol. The Balaban J connectivity index is 1.62. The van der Waals surface area contributed by atoms with Crippen LogP contribution in [-0.2, 0) is 16.6 Å². The number of nitrogens with zero attached hydrogens (tertiary/aromatic N) is 3. The molecule has 3 aromatic rings. The molecule has 0 saturated heterocycles. The first-order chi connectivity index (χ1) is 13.5. The van der Waals surface area contributed by atoms with Gasteiger partial charge in [0.1, 0.15) is 0 Å². The van der Waals surface area contributed by atoms with E-state index in [9.17, 15) is 9.59 Å². The fraction of sp³-hybridized carbons (Fsp3) is 0.158. The summed E-state index contributed by atoms with van der Waals surface area (Å²) in [5, 5.41) is 12.3. The maximum atomic E-state index is 12.2. The number of halogens is 1. The second-order valence-corrected chi connectivity index (χ2v) is 7.16. The van der Waals surface area contributed by atoms with Crippen molar-refractivity contribution < 1.29 is 14.3 Å². The van der Waals surface area contributed by atoms with E-state index < -0.39 is 5.97 Å². The van der Waals surface area contributed by atoms with E-state index in [4.69, 9.17) is 11.6 Å². The van der Waals surface area contributed by atoms with Gasteiger partial charge in [-0.05, 0) is 42.5 Å². The van der Waals surface area contributed by atoms with Crippen LogP contribution >= 0.6 is 23.4 Å². The van der Waals surface area contributed by atoms with Crippen molar-refractivity contribution in [3.8, 4) is 11.4 Å². The number of carbonyl (C=O) groups excluding carboxylic acids is 2. The van der Waals surface area contributed by atoms with Crippen LogP contribution in [0.25, 0.3) is 11.4 Å². The van der Waals surface area contributed by atoms with Crippen LogP contribution in [-0.4, -0.2) is 39.5 Å². The second-order valence-electron chi connectivity index (χ2n) is 5.78. The molecule has 7 nitrogen and oxygen atoms in total. The first-order valence-corrected chi connectivity index (χ1v) is 9.60. The van der Waals surface area contributed by atoms with Crippen molar-refractivity contribution >= 4 is 40.9 Å². The minimum Gasteiger partial charge on any atom is -0.465 e. The fourth-order valence-electron chi connectivity index (χ4n) is 2.46. The number of thioether (sulfide) groups is 1. The summed E-state index contributed by atoms with van der Waals surface area (Å²) in [6.45, 7) is 0. The maximum absolute atomic E-state index is 12.2. The van der Waals surface area contributed by atoms with Gasteiger partial charge < -0.3 is 14.6 Å². The Morgan fingerprint density at radius 1 is 1.18 bits per heavy atom. The lowest BCUT2D eigenvalue weighted by Crippen LogP contribution is -2.15. The molecule has 9 heteroatoms. The van der Waals surface area contributed by atoms with E-state index >= 15 is 0 Å². The summed E-state index contributed by atoms with van der Waals surface area (Å²) in [5.41, 5.74) is 1.78. The standard InChI is InChI=1S/C19H17ClN4O3S/c1-24-17(12-6-8-14(20)9-7-12)22-23-19(24)28-11-16(25)21-15-5-3-4-13(10-15)18(26)27-2/h3-10H,11H2,1-2H3,(H,21,25). The lowest BCUT2D eigenvalue weighted by Gasteiger charge is -2.07. The fourth-order valence-corrected chi connectivity index (χ4v) is 3.30. The van der Waals surface area contributed by atoms with Gasteiger partial charge in [0.25, 0.3) is 0 Å². The number of anilines is 1. The molecule has 1 N–H and O–H groups in total. The van der Waals surface area contributed by atoms with Gasteiger partial charge in [-0.15, -0.1) is 10.2 Å². The molecule has 0 saturated carbocycles. The predicted octanol–water partition coefficient (Wildman–Crippen LogP) is 3.65. The molecule has 3 rings (SSSR count). The number of hydrogen-bond acceptors (Lipinski definition) is 6. The molecule has 1 heterocycles. The summed E-state index contributed by atoms with van der Waals surface area (Å²) < 4.78 is 6.50. The number of esters is 1. The molecule has 144 valence electrons. The van der Waals surface area contributed by atoms with Crippen molar-refractivity contribution in [3.63, 3.8) is 0 Å². The summed E-state index contributed by atoms with van der Waals surface area (Å²) in [6.07, 6.45) is 0. The van der Waals surface area contributed by atoms with Crippen LogP contribution in [0.2, 0.25) is 5.02 Å². The minimum absolute atomic E-state index is 0.148. The van der Waals surface area contributed by atoms with E-state index in [1.807, 2.05) is 23.7 Å². The number of benzene rings is 2. The first kappa shape index (κ1) is 19.9. The van der Waals surface area contributed by atoms with Gasteiger partial charge in [0.15, 0.2) is 11.0 Å². The molecule has 0 atom stereocenters. The lowest BCUT2D eigenvalue weighted by molar-refractivity contribution is -0.113. The normalized spacial score (nSPS) is 10.5. The number of amides is 1. The Bertz CT molecular complexity index is 1000. The van der Waals surface area contributed by atoms with E-state index in [-0.39, 0.29) is 11.7 Å². The summed E-state index contributed by atoms with van der Waals surface area (Å²) in [5.74, 6) is 0.155. The van der Waals surface area contributed by atoms with Gasteiger partial charge in [0.05, 0.1) is 18.4 Å². The zero-order chi connectivity index (χ0) is 20.1. The Hall–Kier alpha value is -2.84. The van der Waals surface area contributed by atoms with Gasteiger partial charge in [-0.3, -0.25) is 4.79 Å². The largest absolute Gasteiger partial charge is 0.465 e. The molecule has 1 aromatic heterocycles. The molecule has 28 heavy (non-hydrogen) atoms. The van der Waals surface area contributed by atoms with Crippen LogP contribution in [0, 0.1) is 0 Å².